The Morgan fingerprint density at radius 2 is 1.31 bits per heavy atom. The van der Waals surface area contributed by atoms with E-state index in [1.165, 1.54) is 11.1 Å². The number of phenols is 1. The number of rotatable bonds is 6. The lowest BCUT2D eigenvalue weighted by Crippen LogP contribution is -1.97. The second kappa shape index (κ2) is 8.50. The Morgan fingerprint density at radius 3 is 1.88 bits per heavy atom. The van der Waals surface area contributed by atoms with Crippen molar-refractivity contribution in [1.29, 1.82) is 0 Å². The van der Waals surface area contributed by atoms with Crippen LogP contribution in [0.2, 0.25) is 0 Å². The van der Waals surface area contributed by atoms with Gasteiger partial charge in [0.15, 0.2) is 0 Å². The maximum atomic E-state index is 9.69. The Labute approximate surface area is 155 Å². The zero-order valence-corrected chi connectivity index (χ0v) is 15.0. The smallest absolute Gasteiger partial charge is 0.115 e. The molecule has 0 heterocycles. The first-order valence-electron chi connectivity index (χ1n) is 8.95. The van der Waals surface area contributed by atoms with Crippen molar-refractivity contribution >= 4 is 11.1 Å². The number of aliphatic hydroxyl groups excluding tert-OH is 1. The van der Waals surface area contributed by atoms with E-state index >= 15 is 0 Å². The minimum absolute atomic E-state index is 0.160. The van der Waals surface area contributed by atoms with Crippen molar-refractivity contribution < 1.29 is 10.2 Å². The number of benzene rings is 3. The van der Waals surface area contributed by atoms with Crippen molar-refractivity contribution in [2.75, 3.05) is 6.61 Å². The largest absolute Gasteiger partial charge is 0.508 e. The molecule has 3 aromatic carbocycles. The molecule has 0 bridgehead atoms. The fourth-order valence-corrected chi connectivity index (χ4v) is 3.17. The van der Waals surface area contributed by atoms with Crippen LogP contribution in [0, 0.1) is 6.92 Å². The van der Waals surface area contributed by atoms with E-state index in [0.717, 1.165) is 28.7 Å². The van der Waals surface area contributed by atoms with Gasteiger partial charge in [0, 0.05) is 6.61 Å². The zero-order chi connectivity index (χ0) is 18.4. The minimum Gasteiger partial charge on any atom is -0.508 e. The fraction of sp³-hybridized carbons (Fsp3) is 0.167. The molecule has 0 aliphatic carbocycles. The van der Waals surface area contributed by atoms with E-state index in [9.17, 15) is 10.2 Å². The van der Waals surface area contributed by atoms with Gasteiger partial charge in [-0.2, -0.15) is 0 Å². The molecule has 0 fully saturated rings. The Hall–Kier alpha value is -2.84. The molecule has 3 rings (SSSR count). The molecule has 2 nitrogen and oxygen atoms in total. The van der Waals surface area contributed by atoms with Crippen LogP contribution in [0.3, 0.4) is 0 Å². The lowest BCUT2D eigenvalue weighted by atomic mass is 9.87. The molecular formula is C24H24O2. The molecule has 2 N–H and O–H groups in total. The van der Waals surface area contributed by atoms with Crippen LogP contribution < -0.4 is 0 Å². The number of allylic oxidation sites excluding steroid dienone is 1. The van der Waals surface area contributed by atoms with Crippen molar-refractivity contribution in [3.63, 3.8) is 0 Å². The first kappa shape index (κ1) is 18.0. The minimum atomic E-state index is 0.160. The van der Waals surface area contributed by atoms with Crippen LogP contribution in [0.15, 0.2) is 78.9 Å². The van der Waals surface area contributed by atoms with E-state index in [4.69, 9.17) is 0 Å². The van der Waals surface area contributed by atoms with Crippen molar-refractivity contribution in [1.82, 2.24) is 0 Å². The molecule has 0 aliphatic heterocycles. The van der Waals surface area contributed by atoms with Crippen molar-refractivity contribution in [2.45, 2.75) is 19.8 Å². The molecule has 0 saturated carbocycles. The Bertz CT molecular complexity index is 813. The maximum Gasteiger partial charge on any atom is 0.115 e. The third-order valence-electron chi connectivity index (χ3n) is 4.51. The summed E-state index contributed by atoms with van der Waals surface area (Å²) in [6, 6.07) is 26.2. The maximum absolute atomic E-state index is 9.69. The van der Waals surface area contributed by atoms with E-state index in [1.54, 1.807) is 12.1 Å². The Kier molecular flexibility index (Phi) is 5.88. The van der Waals surface area contributed by atoms with E-state index in [-0.39, 0.29) is 12.4 Å². The first-order valence-corrected chi connectivity index (χ1v) is 8.95. The summed E-state index contributed by atoms with van der Waals surface area (Å²) in [6.45, 7) is 2.24. The molecular weight excluding hydrogens is 320 g/mol. The summed E-state index contributed by atoms with van der Waals surface area (Å²) in [6.07, 6.45) is 1.49. The van der Waals surface area contributed by atoms with Crippen LogP contribution in [-0.4, -0.2) is 16.8 Å². The summed E-state index contributed by atoms with van der Waals surface area (Å²) in [5.74, 6) is 0.258. The highest BCUT2D eigenvalue weighted by Crippen LogP contribution is 2.35. The molecule has 0 aromatic heterocycles. The van der Waals surface area contributed by atoms with Gasteiger partial charge in [0.05, 0.1) is 0 Å². The molecule has 2 heteroatoms. The van der Waals surface area contributed by atoms with Gasteiger partial charge in [-0.15, -0.1) is 0 Å². The third-order valence-corrected chi connectivity index (χ3v) is 4.51. The molecule has 26 heavy (non-hydrogen) atoms. The number of hydrogen-bond donors (Lipinski definition) is 2. The van der Waals surface area contributed by atoms with Crippen LogP contribution in [0.1, 0.15) is 35.1 Å². The molecule has 0 saturated heterocycles. The predicted octanol–water partition coefficient (Wildman–Crippen LogP) is 5.43. The summed E-state index contributed by atoms with van der Waals surface area (Å²) < 4.78 is 0. The molecule has 0 aliphatic rings. The Balaban J connectivity index is 2.25. The van der Waals surface area contributed by atoms with Crippen molar-refractivity contribution in [3.05, 3.63) is 101 Å². The number of aryl methyl sites for hydroxylation is 1. The molecule has 0 spiro atoms. The highest BCUT2D eigenvalue weighted by molar-refractivity contribution is 5.98. The van der Waals surface area contributed by atoms with Gasteiger partial charge in [0.1, 0.15) is 5.75 Å². The summed E-state index contributed by atoms with van der Waals surface area (Å²) in [5.41, 5.74) is 6.92. The van der Waals surface area contributed by atoms with Gasteiger partial charge in [-0.05, 0) is 59.7 Å². The summed E-state index contributed by atoms with van der Waals surface area (Å²) in [7, 11) is 0. The quantitative estimate of drug-likeness (QED) is 0.585. The second-order valence-electron chi connectivity index (χ2n) is 6.46. The van der Waals surface area contributed by atoms with E-state index < -0.39 is 0 Å². The summed E-state index contributed by atoms with van der Waals surface area (Å²) >= 11 is 0. The van der Waals surface area contributed by atoms with Gasteiger partial charge < -0.3 is 10.2 Å². The summed E-state index contributed by atoms with van der Waals surface area (Å²) in [5, 5.41) is 19.1. The average Bonchev–Trinajstić information content (AvgIpc) is 2.68. The van der Waals surface area contributed by atoms with Gasteiger partial charge in [-0.1, -0.05) is 72.3 Å². The van der Waals surface area contributed by atoms with E-state index in [0.29, 0.717) is 6.42 Å². The molecule has 0 amide bonds. The SMILES string of the molecule is Cc1ccc(/C(=C(/CCCO)c2ccccc2)c2ccc(O)cc2)cc1. The predicted molar refractivity (Wildman–Crippen MR) is 108 cm³/mol. The first-order chi connectivity index (χ1) is 12.7. The van der Waals surface area contributed by atoms with Gasteiger partial charge in [-0.3, -0.25) is 0 Å². The fourth-order valence-electron chi connectivity index (χ4n) is 3.17. The van der Waals surface area contributed by atoms with Crippen LogP contribution in [0.25, 0.3) is 11.1 Å². The normalized spacial score (nSPS) is 11.9. The molecule has 3 aromatic rings. The van der Waals surface area contributed by atoms with Crippen LogP contribution in [0.4, 0.5) is 0 Å². The summed E-state index contributed by atoms with van der Waals surface area (Å²) in [4.78, 5) is 0. The highest BCUT2D eigenvalue weighted by Gasteiger charge is 2.14. The van der Waals surface area contributed by atoms with Crippen molar-refractivity contribution in [2.24, 2.45) is 0 Å². The van der Waals surface area contributed by atoms with Gasteiger partial charge in [0.25, 0.3) is 0 Å². The zero-order valence-electron chi connectivity index (χ0n) is 15.0. The lowest BCUT2D eigenvalue weighted by molar-refractivity contribution is 0.290. The molecule has 0 radical (unpaired) electrons. The number of aromatic hydroxyl groups is 1. The van der Waals surface area contributed by atoms with Crippen LogP contribution in [-0.2, 0) is 0 Å². The average molecular weight is 344 g/mol. The highest BCUT2D eigenvalue weighted by atomic mass is 16.3. The van der Waals surface area contributed by atoms with Gasteiger partial charge >= 0.3 is 0 Å². The number of aliphatic hydroxyl groups is 1. The molecule has 0 atom stereocenters. The third kappa shape index (κ3) is 4.22. The lowest BCUT2D eigenvalue weighted by Gasteiger charge is -2.17. The van der Waals surface area contributed by atoms with Crippen molar-refractivity contribution in [3.8, 4) is 5.75 Å². The van der Waals surface area contributed by atoms with E-state index in [2.05, 4.69) is 43.3 Å². The van der Waals surface area contributed by atoms with Crippen LogP contribution in [0.5, 0.6) is 5.75 Å². The Morgan fingerprint density at radius 1 is 0.731 bits per heavy atom. The number of phenolic OH excluding ortho intramolecular Hbond substituents is 1. The van der Waals surface area contributed by atoms with E-state index in [1.807, 2.05) is 30.3 Å². The molecule has 132 valence electrons. The van der Waals surface area contributed by atoms with Crippen LogP contribution >= 0.6 is 0 Å². The topological polar surface area (TPSA) is 40.5 Å². The van der Waals surface area contributed by atoms with Gasteiger partial charge in [-0.25, -0.2) is 0 Å². The monoisotopic (exact) mass is 344 g/mol. The molecule has 0 unspecified atom stereocenters. The second-order valence-corrected chi connectivity index (χ2v) is 6.46. The standard InChI is InChI=1S/C24H24O2/c1-18-9-11-20(12-10-18)24(21-13-15-22(26)16-14-21)23(8-5-17-25)19-6-3-2-4-7-19/h2-4,6-7,9-16,25-26H,5,8,17H2,1H3/b24-23+. The number of hydrogen-bond acceptors (Lipinski definition) is 2. The van der Waals surface area contributed by atoms with Gasteiger partial charge in [0.2, 0.25) is 0 Å².